The third kappa shape index (κ3) is 1.98. The molecule has 1 aliphatic heterocycles. The molecule has 1 saturated heterocycles. The molecule has 2 aliphatic rings. The van der Waals surface area contributed by atoms with Crippen molar-refractivity contribution in [3.05, 3.63) is 23.8 Å². The second-order valence-corrected chi connectivity index (χ2v) is 5.63. The molecule has 3 heteroatoms. The molecule has 1 saturated carbocycles. The fourth-order valence-corrected chi connectivity index (χ4v) is 2.97. The molecular formula is C15H20N2O. The Kier molecular flexibility index (Phi) is 2.77. The highest BCUT2D eigenvalue weighted by Gasteiger charge is 2.44. The maximum absolute atomic E-state index is 11.2. The molecule has 1 aliphatic carbocycles. The van der Waals surface area contributed by atoms with Crippen LogP contribution < -0.4 is 10.2 Å². The summed E-state index contributed by atoms with van der Waals surface area (Å²) in [5.41, 5.74) is 3.65. The van der Waals surface area contributed by atoms with Gasteiger partial charge >= 0.3 is 0 Å². The minimum absolute atomic E-state index is 0.679. The van der Waals surface area contributed by atoms with Gasteiger partial charge in [-0.05, 0) is 49.3 Å². The van der Waals surface area contributed by atoms with E-state index < -0.39 is 0 Å². The zero-order valence-corrected chi connectivity index (χ0v) is 10.9. The van der Waals surface area contributed by atoms with Gasteiger partial charge in [-0.1, -0.05) is 0 Å². The molecule has 0 aromatic heterocycles. The van der Waals surface area contributed by atoms with Crippen LogP contribution in [0.4, 0.5) is 11.4 Å². The van der Waals surface area contributed by atoms with E-state index in [4.69, 9.17) is 0 Å². The number of hydrogen-bond donors (Lipinski definition) is 1. The van der Waals surface area contributed by atoms with Gasteiger partial charge in [0.05, 0.1) is 0 Å². The third-order valence-electron chi connectivity index (χ3n) is 4.57. The number of carbonyl (C=O) groups excluding carboxylic acids is 1. The van der Waals surface area contributed by atoms with Crippen molar-refractivity contribution in [2.24, 2.45) is 5.41 Å². The van der Waals surface area contributed by atoms with E-state index in [2.05, 4.69) is 16.3 Å². The lowest BCUT2D eigenvalue weighted by atomic mass is 9.93. The Hall–Kier alpha value is -1.51. The van der Waals surface area contributed by atoms with Gasteiger partial charge < -0.3 is 10.2 Å². The van der Waals surface area contributed by atoms with Crippen LogP contribution in [-0.4, -0.2) is 26.4 Å². The summed E-state index contributed by atoms with van der Waals surface area (Å²) in [5.74, 6) is 0. The Morgan fingerprint density at radius 2 is 1.94 bits per heavy atom. The van der Waals surface area contributed by atoms with E-state index >= 15 is 0 Å². The summed E-state index contributed by atoms with van der Waals surface area (Å²) in [6.07, 6.45) is 6.37. The molecule has 1 aromatic carbocycles. The number of piperidine rings is 1. The van der Waals surface area contributed by atoms with Gasteiger partial charge in [0.1, 0.15) is 0 Å². The molecule has 0 atom stereocenters. The normalized spacial score (nSPS) is 20.8. The van der Waals surface area contributed by atoms with E-state index in [1.54, 1.807) is 0 Å². The first-order valence-corrected chi connectivity index (χ1v) is 6.78. The molecule has 1 heterocycles. The second-order valence-electron chi connectivity index (χ2n) is 5.63. The maximum Gasteiger partial charge on any atom is 0.152 e. The van der Waals surface area contributed by atoms with Crippen molar-refractivity contribution in [3.8, 4) is 0 Å². The summed E-state index contributed by atoms with van der Waals surface area (Å²) in [6, 6.07) is 5.96. The number of rotatable bonds is 3. The van der Waals surface area contributed by atoms with Crippen LogP contribution in [0.2, 0.25) is 0 Å². The lowest BCUT2D eigenvalue weighted by Crippen LogP contribution is -2.35. The van der Waals surface area contributed by atoms with Crippen LogP contribution in [-0.2, 0) is 0 Å². The van der Waals surface area contributed by atoms with Crippen LogP contribution in [0, 0.1) is 5.41 Å². The van der Waals surface area contributed by atoms with Gasteiger partial charge in [0.25, 0.3) is 0 Å². The van der Waals surface area contributed by atoms with Gasteiger partial charge in [-0.15, -0.1) is 0 Å². The van der Waals surface area contributed by atoms with Crippen molar-refractivity contribution in [2.75, 3.05) is 30.4 Å². The number of benzene rings is 1. The minimum atomic E-state index is 0.679. The molecule has 1 aromatic rings. The average Bonchev–Trinajstić information content (AvgIpc) is 3.18. The molecule has 3 nitrogen and oxygen atoms in total. The van der Waals surface area contributed by atoms with E-state index in [0.717, 1.165) is 36.3 Å². The molecule has 1 spiro atoms. The Morgan fingerprint density at radius 3 is 2.50 bits per heavy atom. The van der Waals surface area contributed by atoms with Crippen LogP contribution in [0.3, 0.4) is 0 Å². The third-order valence-corrected chi connectivity index (χ3v) is 4.57. The van der Waals surface area contributed by atoms with E-state index in [9.17, 15) is 4.79 Å². The van der Waals surface area contributed by atoms with Crippen molar-refractivity contribution in [2.45, 2.75) is 25.7 Å². The van der Waals surface area contributed by atoms with Gasteiger partial charge in [-0.2, -0.15) is 0 Å². The zero-order valence-electron chi connectivity index (χ0n) is 10.9. The minimum Gasteiger partial charge on any atom is -0.388 e. The standard InChI is InChI=1S/C15H20N2O/c1-16-13-3-2-12(11-18)14(10-13)17-8-6-15(4-5-15)7-9-17/h2-3,10-11,16H,4-9H2,1H3. The fourth-order valence-electron chi connectivity index (χ4n) is 2.97. The Bertz CT molecular complexity index is 456. The Labute approximate surface area is 108 Å². The quantitative estimate of drug-likeness (QED) is 0.830. The van der Waals surface area contributed by atoms with Crippen molar-refractivity contribution >= 4 is 17.7 Å². The highest BCUT2D eigenvalue weighted by atomic mass is 16.1. The van der Waals surface area contributed by atoms with Crippen LogP contribution in [0.15, 0.2) is 18.2 Å². The second kappa shape index (κ2) is 4.30. The van der Waals surface area contributed by atoms with E-state index in [1.807, 2.05) is 19.2 Å². The van der Waals surface area contributed by atoms with Crippen LogP contribution in [0.5, 0.6) is 0 Å². The summed E-state index contributed by atoms with van der Waals surface area (Å²) in [7, 11) is 1.91. The average molecular weight is 244 g/mol. The van der Waals surface area contributed by atoms with Crippen molar-refractivity contribution in [1.29, 1.82) is 0 Å². The monoisotopic (exact) mass is 244 g/mol. The lowest BCUT2D eigenvalue weighted by molar-refractivity contribution is 0.112. The van der Waals surface area contributed by atoms with Gasteiger partial charge in [-0.25, -0.2) is 0 Å². The highest BCUT2D eigenvalue weighted by Crippen LogP contribution is 2.54. The van der Waals surface area contributed by atoms with Crippen molar-refractivity contribution in [3.63, 3.8) is 0 Å². The highest BCUT2D eigenvalue weighted by molar-refractivity contribution is 5.86. The van der Waals surface area contributed by atoms with Crippen LogP contribution in [0.25, 0.3) is 0 Å². The van der Waals surface area contributed by atoms with Crippen molar-refractivity contribution in [1.82, 2.24) is 0 Å². The number of aldehydes is 1. The number of carbonyl (C=O) groups is 1. The molecule has 0 bridgehead atoms. The predicted octanol–water partition coefficient (Wildman–Crippen LogP) is 2.92. The summed E-state index contributed by atoms with van der Waals surface area (Å²) in [5, 5.41) is 3.14. The first-order valence-electron chi connectivity index (χ1n) is 6.78. The lowest BCUT2D eigenvalue weighted by Gasteiger charge is -2.34. The molecule has 0 amide bonds. The smallest absolute Gasteiger partial charge is 0.152 e. The van der Waals surface area contributed by atoms with E-state index in [-0.39, 0.29) is 0 Å². The molecular weight excluding hydrogens is 224 g/mol. The van der Waals surface area contributed by atoms with Crippen molar-refractivity contribution < 1.29 is 4.79 Å². The number of hydrogen-bond acceptors (Lipinski definition) is 3. The Balaban J connectivity index is 1.83. The topological polar surface area (TPSA) is 32.3 Å². The summed E-state index contributed by atoms with van der Waals surface area (Å²) < 4.78 is 0. The summed E-state index contributed by atoms with van der Waals surface area (Å²) in [4.78, 5) is 13.5. The SMILES string of the molecule is CNc1ccc(C=O)c(N2CCC3(CC2)CC3)c1. The van der Waals surface area contributed by atoms with E-state index in [0.29, 0.717) is 5.41 Å². The largest absolute Gasteiger partial charge is 0.388 e. The van der Waals surface area contributed by atoms with Crippen LogP contribution >= 0.6 is 0 Å². The number of anilines is 2. The molecule has 0 radical (unpaired) electrons. The maximum atomic E-state index is 11.2. The molecule has 1 N–H and O–H groups in total. The molecule has 3 rings (SSSR count). The molecule has 2 fully saturated rings. The van der Waals surface area contributed by atoms with Gasteiger partial charge in [-0.3, -0.25) is 4.79 Å². The number of nitrogens with zero attached hydrogens (tertiary/aromatic N) is 1. The van der Waals surface area contributed by atoms with Gasteiger partial charge in [0.2, 0.25) is 0 Å². The fraction of sp³-hybridized carbons (Fsp3) is 0.533. The summed E-state index contributed by atoms with van der Waals surface area (Å²) in [6.45, 7) is 2.18. The zero-order chi connectivity index (χ0) is 12.6. The van der Waals surface area contributed by atoms with Gasteiger partial charge in [0.15, 0.2) is 6.29 Å². The first kappa shape index (κ1) is 11.6. The molecule has 96 valence electrons. The van der Waals surface area contributed by atoms with Gasteiger partial charge in [0, 0.05) is 37.1 Å². The predicted molar refractivity (Wildman–Crippen MR) is 74.5 cm³/mol. The van der Waals surface area contributed by atoms with E-state index in [1.165, 1.54) is 25.7 Å². The first-order chi connectivity index (χ1) is 8.76. The molecule has 18 heavy (non-hydrogen) atoms. The summed E-state index contributed by atoms with van der Waals surface area (Å²) >= 11 is 0. The Morgan fingerprint density at radius 1 is 1.22 bits per heavy atom. The molecule has 0 unspecified atom stereocenters. The number of nitrogens with one attached hydrogen (secondary N) is 1. The van der Waals surface area contributed by atoms with Crippen LogP contribution in [0.1, 0.15) is 36.0 Å².